The quantitative estimate of drug-likeness (QED) is 0.119. The normalized spacial score (nSPS) is 15.6. The van der Waals surface area contributed by atoms with Gasteiger partial charge in [-0.3, -0.25) is 19.2 Å². The predicted molar refractivity (Wildman–Crippen MR) is 110 cm³/mol. The van der Waals surface area contributed by atoms with Crippen LogP contribution in [-0.2, 0) is 24.0 Å². The van der Waals surface area contributed by atoms with Gasteiger partial charge in [-0.2, -0.15) is 0 Å². The Bertz CT molecular complexity index is 671. The highest BCUT2D eigenvalue weighted by Gasteiger charge is 2.29. The molecule has 0 rings (SSSR count). The van der Waals surface area contributed by atoms with Gasteiger partial charge in [0.05, 0.1) is 31.9 Å². The molecule has 0 fully saturated rings. The Morgan fingerprint density at radius 3 is 1.84 bits per heavy atom. The minimum absolute atomic E-state index is 0.123. The molecule has 32 heavy (non-hydrogen) atoms. The molecule has 4 amide bonds. The maximum absolute atomic E-state index is 12.3. The van der Waals surface area contributed by atoms with Crippen LogP contribution in [0.25, 0.3) is 0 Å². The van der Waals surface area contributed by atoms with Gasteiger partial charge in [-0.15, -0.1) is 0 Å². The Kier molecular flexibility index (Phi) is 13.0. The molecular weight excluding hydrogens is 430 g/mol. The van der Waals surface area contributed by atoms with Gasteiger partial charge in [0.25, 0.3) is 0 Å². The second kappa shape index (κ2) is 14.3. The maximum atomic E-state index is 12.3. The van der Waals surface area contributed by atoms with E-state index in [0.29, 0.717) is 6.42 Å². The summed E-state index contributed by atoms with van der Waals surface area (Å²) in [4.78, 5) is 59.2. The molecule has 1 unspecified atom stereocenters. The molecule has 0 aliphatic carbocycles. The highest BCUT2D eigenvalue weighted by atomic mass is 16.4. The zero-order valence-electron chi connectivity index (χ0n) is 18.2. The van der Waals surface area contributed by atoms with E-state index in [1.165, 1.54) is 6.92 Å². The first-order chi connectivity index (χ1) is 14.8. The van der Waals surface area contributed by atoms with Crippen LogP contribution in [0.1, 0.15) is 27.2 Å². The molecule has 0 saturated heterocycles. The number of carboxylic acids is 1. The lowest BCUT2D eigenvalue weighted by molar-refractivity contribution is -0.143. The number of aliphatic carboxylic acids is 1. The van der Waals surface area contributed by atoms with Crippen LogP contribution >= 0.6 is 0 Å². The summed E-state index contributed by atoms with van der Waals surface area (Å²) in [6.45, 7) is 2.50. The van der Waals surface area contributed by atoms with Crippen LogP contribution in [-0.4, -0.2) is 100 Å². The Morgan fingerprint density at radius 2 is 1.41 bits per heavy atom. The third kappa shape index (κ3) is 10.5. The molecule has 5 atom stereocenters. The summed E-state index contributed by atoms with van der Waals surface area (Å²) in [5.74, 6) is -4.93. The van der Waals surface area contributed by atoms with E-state index in [0.717, 1.165) is 0 Å². The van der Waals surface area contributed by atoms with Gasteiger partial charge in [-0.1, -0.05) is 13.8 Å². The largest absolute Gasteiger partial charge is 0.480 e. The Morgan fingerprint density at radius 1 is 0.844 bits per heavy atom. The SMILES string of the molecule is CC(C)CC(N)C(=O)N[C@H](C(=O)NCC(=O)N[C@@H](CO)C(=O)N[C@@H](CO)C(=O)O)[C@H](C)O. The molecule has 184 valence electrons. The molecule has 0 spiro atoms. The second-order valence-corrected chi connectivity index (χ2v) is 7.57. The van der Waals surface area contributed by atoms with E-state index in [1.807, 2.05) is 19.2 Å². The van der Waals surface area contributed by atoms with Crippen molar-refractivity contribution in [3.63, 3.8) is 0 Å². The van der Waals surface area contributed by atoms with Crippen molar-refractivity contribution in [2.24, 2.45) is 11.7 Å². The Hall–Kier alpha value is -2.81. The van der Waals surface area contributed by atoms with Crippen LogP contribution in [0.2, 0.25) is 0 Å². The molecule has 0 heterocycles. The number of nitrogens with two attached hydrogens (primary N) is 1. The lowest BCUT2D eigenvalue weighted by Gasteiger charge is -2.23. The van der Waals surface area contributed by atoms with E-state index in [-0.39, 0.29) is 5.92 Å². The summed E-state index contributed by atoms with van der Waals surface area (Å²) in [7, 11) is 0. The van der Waals surface area contributed by atoms with Crippen LogP contribution in [0.3, 0.4) is 0 Å². The van der Waals surface area contributed by atoms with E-state index in [4.69, 9.17) is 15.9 Å². The first-order valence-corrected chi connectivity index (χ1v) is 9.89. The number of carboxylic acid groups (broad SMARTS) is 1. The summed E-state index contributed by atoms with van der Waals surface area (Å²) >= 11 is 0. The third-order valence-electron chi connectivity index (χ3n) is 4.18. The van der Waals surface area contributed by atoms with E-state index < -0.39 is 79.6 Å². The summed E-state index contributed by atoms with van der Waals surface area (Å²) in [5, 5.41) is 45.3. The third-order valence-corrected chi connectivity index (χ3v) is 4.18. The fourth-order valence-electron chi connectivity index (χ4n) is 2.46. The molecule has 10 N–H and O–H groups in total. The van der Waals surface area contributed by atoms with Crippen molar-refractivity contribution in [2.75, 3.05) is 19.8 Å². The number of rotatable bonds is 14. The van der Waals surface area contributed by atoms with Crippen LogP contribution in [0.4, 0.5) is 0 Å². The summed E-state index contributed by atoms with van der Waals surface area (Å²) in [6.07, 6.45) is -0.956. The van der Waals surface area contributed by atoms with Crippen molar-refractivity contribution in [3.05, 3.63) is 0 Å². The van der Waals surface area contributed by atoms with Crippen molar-refractivity contribution in [1.29, 1.82) is 0 Å². The molecule has 0 aliphatic rings. The molecule has 14 heteroatoms. The standard InChI is InChI=1S/C18H33N5O9/c1-8(2)4-10(19)15(28)23-14(9(3)26)17(30)20-5-13(27)21-11(6-24)16(29)22-12(7-25)18(31)32/h8-12,14,24-26H,4-7,19H2,1-3H3,(H,20,30)(H,21,27)(H,22,29)(H,23,28)(H,31,32)/t9-,10?,11-,12-,14-/m0/s1. The number of carbonyl (C=O) groups is 5. The Balaban J connectivity index is 4.84. The van der Waals surface area contributed by atoms with Gasteiger partial charge < -0.3 is 47.4 Å². The number of aliphatic hydroxyl groups is 3. The minimum atomic E-state index is -1.63. The number of amides is 4. The Labute approximate surface area is 184 Å². The average Bonchev–Trinajstić information content (AvgIpc) is 2.70. The molecule has 0 saturated carbocycles. The number of carbonyl (C=O) groups excluding carboxylic acids is 4. The second-order valence-electron chi connectivity index (χ2n) is 7.57. The fraction of sp³-hybridized carbons (Fsp3) is 0.722. The summed E-state index contributed by atoms with van der Waals surface area (Å²) < 4.78 is 0. The lowest BCUT2D eigenvalue weighted by Crippen LogP contribution is -2.58. The van der Waals surface area contributed by atoms with Crippen LogP contribution < -0.4 is 27.0 Å². The van der Waals surface area contributed by atoms with Crippen molar-refractivity contribution in [2.45, 2.75) is 57.5 Å². The zero-order chi connectivity index (χ0) is 25.0. The number of aliphatic hydroxyl groups excluding tert-OH is 3. The molecule has 0 aromatic rings. The monoisotopic (exact) mass is 463 g/mol. The van der Waals surface area contributed by atoms with Gasteiger partial charge >= 0.3 is 5.97 Å². The fourth-order valence-corrected chi connectivity index (χ4v) is 2.46. The van der Waals surface area contributed by atoms with Gasteiger partial charge in [0.15, 0.2) is 0 Å². The van der Waals surface area contributed by atoms with Crippen molar-refractivity contribution in [1.82, 2.24) is 21.3 Å². The van der Waals surface area contributed by atoms with Gasteiger partial charge in [-0.25, -0.2) is 4.79 Å². The number of hydrogen-bond donors (Lipinski definition) is 9. The van der Waals surface area contributed by atoms with Crippen LogP contribution in [0, 0.1) is 5.92 Å². The maximum Gasteiger partial charge on any atom is 0.328 e. The summed E-state index contributed by atoms with van der Waals surface area (Å²) in [5.41, 5.74) is 5.75. The van der Waals surface area contributed by atoms with Gasteiger partial charge in [0.1, 0.15) is 18.1 Å². The molecule has 0 aliphatic heterocycles. The van der Waals surface area contributed by atoms with Gasteiger partial charge in [0, 0.05) is 0 Å². The first kappa shape index (κ1) is 29.2. The van der Waals surface area contributed by atoms with Crippen molar-refractivity contribution >= 4 is 29.6 Å². The molecule has 14 nitrogen and oxygen atoms in total. The predicted octanol–water partition coefficient (Wildman–Crippen LogP) is -4.62. The average molecular weight is 463 g/mol. The topological polar surface area (TPSA) is 240 Å². The van der Waals surface area contributed by atoms with E-state index in [9.17, 15) is 34.2 Å². The van der Waals surface area contributed by atoms with Crippen molar-refractivity contribution in [3.8, 4) is 0 Å². The van der Waals surface area contributed by atoms with E-state index in [2.05, 4.69) is 16.0 Å². The molecular formula is C18H33N5O9. The van der Waals surface area contributed by atoms with E-state index >= 15 is 0 Å². The van der Waals surface area contributed by atoms with E-state index in [1.54, 1.807) is 0 Å². The molecule has 0 bridgehead atoms. The molecule has 0 aromatic carbocycles. The number of nitrogens with one attached hydrogen (secondary N) is 4. The molecule has 0 aromatic heterocycles. The molecule has 0 radical (unpaired) electrons. The van der Waals surface area contributed by atoms with Crippen molar-refractivity contribution < 1.29 is 44.4 Å². The highest BCUT2D eigenvalue weighted by molar-refractivity contribution is 5.94. The smallest absolute Gasteiger partial charge is 0.328 e. The zero-order valence-corrected chi connectivity index (χ0v) is 18.2. The van der Waals surface area contributed by atoms with Gasteiger partial charge in [-0.05, 0) is 19.3 Å². The van der Waals surface area contributed by atoms with Crippen LogP contribution in [0.15, 0.2) is 0 Å². The first-order valence-electron chi connectivity index (χ1n) is 9.89. The van der Waals surface area contributed by atoms with Crippen LogP contribution in [0.5, 0.6) is 0 Å². The summed E-state index contributed by atoms with van der Waals surface area (Å²) in [6, 6.07) is -5.48. The number of hydrogen-bond acceptors (Lipinski definition) is 9. The van der Waals surface area contributed by atoms with Gasteiger partial charge in [0.2, 0.25) is 23.6 Å². The highest BCUT2D eigenvalue weighted by Crippen LogP contribution is 2.04. The lowest BCUT2D eigenvalue weighted by atomic mass is 10.0. The minimum Gasteiger partial charge on any atom is -0.480 e.